The quantitative estimate of drug-likeness (QED) is 0.262. The average Bonchev–Trinajstić information content (AvgIpc) is 3.32. The van der Waals surface area contributed by atoms with Gasteiger partial charge >= 0.3 is 0 Å². The van der Waals surface area contributed by atoms with Gasteiger partial charge in [0.25, 0.3) is 0 Å². The predicted molar refractivity (Wildman–Crippen MR) is 149 cm³/mol. The molecule has 4 nitrogen and oxygen atoms in total. The molecule has 0 saturated heterocycles. The summed E-state index contributed by atoms with van der Waals surface area (Å²) in [5, 5.41) is 14.1. The van der Waals surface area contributed by atoms with E-state index in [1.807, 2.05) is 18.3 Å². The van der Waals surface area contributed by atoms with Gasteiger partial charge in [-0.15, -0.1) is 0 Å². The van der Waals surface area contributed by atoms with Gasteiger partial charge in [0.15, 0.2) is 0 Å². The van der Waals surface area contributed by atoms with Crippen LogP contribution in [-0.4, -0.2) is 14.5 Å². The van der Waals surface area contributed by atoms with E-state index in [-0.39, 0.29) is 0 Å². The van der Waals surface area contributed by atoms with Crippen LogP contribution in [0.15, 0.2) is 122 Å². The van der Waals surface area contributed by atoms with Crippen LogP contribution >= 0.6 is 0 Å². The lowest BCUT2D eigenvalue weighted by Crippen LogP contribution is -1.93. The summed E-state index contributed by atoms with van der Waals surface area (Å²) in [6.07, 6.45) is 3.52. The van der Waals surface area contributed by atoms with Crippen LogP contribution in [0.25, 0.3) is 60.8 Å². The Morgan fingerprint density at radius 3 is 2.27 bits per heavy atom. The summed E-state index contributed by atoms with van der Waals surface area (Å²) in [6, 6.07) is 39.8. The predicted octanol–water partition coefficient (Wildman–Crippen LogP) is 7.93. The fourth-order valence-corrected chi connectivity index (χ4v) is 5.18. The second-order valence-corrected chi connectivity index (χ2v) is 9.06. The molecule has 0 N–H and O–H groups in total. The summed E-state index contributed by atoms with van der Waals surface area (Å²) in [5.41, 5.74) is 7.64. The molecule has 0 aliphatic rings. The van der Waals surface area contributed by atoms with Gasteiger partial charge in [0.05, 0.1) is 34.1 Å². The van der Waals surface area contributed by atoms with Gasteiger partial charge in [-0.1, -0.05) is 60.7 Å². The Morgan fingerprint density at radius 1 is 0.622 bits per heavy atom. The SMILES string of the molecule is N#Cc1ccnc(-c2ccc(-c3ccc4c(c3)c3c5ccccc5ccc3n4-c3ccccc3)cn2)c1. The highest BCUT2D eigenvalue weighted by atomic mass is 15.0. The van der Waals surface area contributed by atoms with Crippen molar-refractivity contribution in [3.8, 4) is 34.3 Å². The summed E-state index contributed by atoms with van der Waals surface area (Å²) < 4.78 is 2.34. The topological polar surface area (TPSA) is 54.5 Å². The molecule has 3 aromatic heterocycles. The number of rotatable bonds is 3. The van der Waals surface area contributed by atoms with E-state index < -0.39 is 0 Å². The van der Waals surface area contributed by atoms with Crippen molar-refractivity contribution >= 4 is 32.6 Å². The molecule has 0 radical (unpaired) electrons. The number of para-hydroxylation sites is 1. The first kappa shape index (κ1) is 21.0. The number of fused-ring (bicyclic) bond motifs is 5. The molecule has 0 saturated carbocycles. The Balaban J connectivity index is 1.43. The Bertz CT molecular complexity index is 1980. The Labute approximate surface area is 213 Å². The molecule has 0 aliphatic carbocycles. The zero-order chi connectivity index (χ0) is 24.8. The van der Waals surface area contributed by atoms with E-state index in [2.05, 4.69) is 106 Å². The molecule has 0 unspecified atom stereocenters. The summed E-state index contributed by atoms with van der Waals surface area (Å²) >= 11 is 0. The van der Waals surface area contributed by atoms with E-state index in [4.69, 9.17) is 0 Å². The molecule has 4 aromatic carbocycles. The smallest absolute Gasteiger partial charge is 0.0992 e. The highest BCUT2D eigenvalue weighted by molar-refractivity contribution is 6.21. The van der Waals surface area contributed by atoms with Gasteiger partial charge < -0.3 is 4.57 Å². The first-order chi connectivity index (χ1) is 18.3. The Kier molecular flexibility index (Phi) is 4.80. The molecule has 0 amide bonds. The summed E-state index contributed by atoms with van der Waals surface area (Å²) in [5.74, 6) is 0. The molecule has 0 bridgehead atoms. The number of benzene rings is 4. The number of pyridine rings is 2. The molecular weight excluding hydrogens is 452 g/mol. The summed E-state index contributed by atoms with van der Waals surface area (Å²) in [7, 11) is 0. The maximum Gasteiger partial charge on any atom is 0.0992 e. The molecule has 0 aliphatic heterocycles. The third-order valence-electron chi connectivity index (χ3n) is 6.92. The monoisotopic (exact) mass is 472 g/mol. The number of nitriles is 1. The second-order valence-electron chi connectivity index (χ2n) is 9.06. The lowest BCUT2D eigenvalue weighted by atomic mass is 10.0. The van der Waals surface area contributed by atoms with E-state index in [1.54, 1.807) is 18.3 Å². The minimum atomic E-state index is 0.573. The van der Waals surface area contributed by atoms with E-state index in [0.29, 0.717) is 11.3 Å². The molecule has 7 rings (SSSR count). The highest BCUT2D eigenvalue weighted by Gasteiger charge is 2.16. The van der Waals surface area contributed by atoms with E-state index in [0.717, 1.165) is 22.5 Å². The van der Waals surface area contributed by atoms with E-state index in [1.165, 1.54) is 32.6 Å². The first-order valence-electron chi connectivity index (χ1n) is 12.1. The molecule has 7 aromatic rings. The summed E-state index contributed by atoms with van der Waals surface area (Å²) in [4.78, 5) is 9.05. The van der Waals surface area contributed by atoms with Crippen molar-refractivity contribution in [2.45, 2.75) is 0 Å². The van der Waals surface area contributed by atoms with Gasteiger partial charge in [-0.25, -0.2) is 0 Å². The van der Waals surface area contributed by atoms with Crippen LogP contribution in [0.2, 0.25) is 0 Å². The Morgan fingerprint density at radius 2 is 1.43 bits per heavy atom. The largest absolute Gasteiger partial charge is 0.309 e. The van der Waals surface area contributed by atoms with Crippen molar-refractivity contribution < 1.29 is 0 Å². The standard InChI is InChI=1S/C33H20N4/c34-20-22-16-17-35-30(18-22)29-13-10-25(21-36-29)24-12-14-31-28(19-24)33-27-9-5-4-6-23(27)11-15-32(33)37(31)26-7-2-1-3-8-26/h1-19,21H. The van der Waals surface area contributed by atoms with Crippen LogP contribution in [0, 0.1) is 11.3 Å². The van der Waals surface area contributed by atoms with E-state index >= 15 is 0 Å². The molecule has 0 spiro atoms. The molecule has 172 valence electrons. The molecule has 0 fully saturated rings. The van der Waals surface area contributed by atoms with Crippen molar-refractivity contribution in [1.82, 2.24) is 14.5 Å². The number of hydrogen-bond acceptors (Lipinski definition) is 3. The number of nitrogens with zero attached hydrogens (tertiary/aromatic N) is 4. The van der Waals surface area contributed by atoms with Crippen LogP contribution in [0.3, 0.4) is 0 Å². The van der Waals surface area contributed by atoms with Crippen LogP contribution in [0.4, 0.5) is 0 Å². The zero-order valence-corrected chi connectivity index (χ0v) is 19.8. The summed E-state index contributed by atoms with van der Waals surface area (Å²) in [6.45, 7) is 0. The van der Waals surface area contributed by atoms with Crippen LogP contribution in [-0.2, 0) is 0 Å². The van der Waals surface area contributed by atoms with Crippen molar-refractivity contribution in [3.05, 3.63) is 127 Å². The molecular formula is C33H20N4. The third kappa shape index (κ3) is 3.45. The van der Waals surface area contributed by atoms with Crippen LogP contribution in [0.1, 0.15) is 5.56 Å². The first-order valence-corrected chi connectivity index (χ1v) is 12.1. The molecule has 3 heterocycles. The minimum Gasteiger partial charge on any atom is -0.309 e. The zero-order valence-electron chi connectivity index (χ0n) is 19.8. The van der Waals surface area contributed by atoms with Crippen molar-refractivity contribution in [1.29, 1.82) is 5.26 Å². The second kappa shape index (κ2) is 8.44. The van der Waals surface area contributed by atoms with Gasteiger partial charge in [-0.2, -0.15) is 5.26 Å². The Hall–Kier alpha value is -5.27. The maximum atomic E-state index is 9.20. The van der Waals surface area contributed by atoms with Gasteiger partial charge in [-0.05, 0) is 64.9 Å². The molecule has 4 heteroatoms. The molecule has 0 atom stereocenters. The van der Waals surface area contributed by atoms with Gasteiger partial charge in [0.2, 0.25) is 0 Å². The van der Waals surface area contributed by atoms with Crippen molar-refractivity contribution in [3.63, 3.8) is 0 Å². The minimum absolute atomic E-state index is 0.573. The average molecular weight is 473 g/mol. The van der Waals surface area contributed by atoms with Gasteiger partial charge in [0.1, 0.15) is 0 Å². The maximum absolute atomic E-state index is 9.20. The van der Waals surface area contributed by atoms with Gasteiger partial charge in [0, 0.05) is 34.4 Å². The fourth-order valence-electron chi connectivity index (χ4n) is 5.18. The number of aromatic nitrogens is 3. The normalized spacial score (nSPS) is 11.2. The fraction of sp³-hybridized carbons (Fsp3) is 0. The van der Waals surface area contributed by atoms with Crippen LogP contribution < -0.4 is 0 Å². The van der Waals surface area contributed by atoms with Crippen LogP contribution in [0.5, 0.6) is 0 Å². The molecule has 37 heavy (non-hydrogen) atoms. The lowest BCUT2D eigenvalue weighted by Gasteiger charge is -2.08. The number of hydrogen-bond donors (Lipinski definition) is 0. The van der Waals surface area contributed by atoms with Crippen molar-refractivity contribution in [2.75, 3.05) is 0 Å². The van der Waals surface area contributed by atoms with Gasteiger partial charge in [-0.3, -0.25) is 9.97 Å². The van der Waals surface area contributed by atoms with Crippen molar-refractivity contribution in [2.24, 2.45) is 0 Å². The highest BCUT2D eigenvalue weighted by Crippen LogP contribution is 2.38. The van der Waals surface area contributed by atoms with E-state index in [9.17, 15) is 5.26 Å². The lowest BCUT2D eigenvalue weighted by molar-refractivity contribution is 1.18. The third-order valence-corrected chi connectivity index (χ3v) is 6.92.